The number of nitrogens with two attached hydrogens (primary N) is 1. The summed E-state index contributed by atoms with van der Waals surface area (Å²) in [6, 6.07) is 5.91. The van der Waals surface area contributed by atoms with Crippen LogP contribution in [0.4, 0.5) is 4.79 Å². The molecule has 0 aromatic heterocycles. The number of rotatable bonds is 6. The van der Waals surface area contributed by atoms with E-state index >= 15 is 0 Å². The zero-order chi connectivity index (χ0) is 15.4. The van der Waals surface area contributed by atoms with Crippen LogP contribution in [0.1, 0.15) is 12.5 Å². The zero-order valence-corrected chi connectivity index (χ0v) is 12.8. The lowest BCUT2D eigenvalue weighted by Crippen LogP contribution is -2.27. The quantitative estimate of drug-likeness (QED) is 0.480. The van der Waals surface area contributed by atoms with E-state index in [1.807, 2.05) is 18.2 Å². The first-order chi connectivity index (χ1) is 9.71. The second-order valence-electron chi connectivity index (χ2n) is 3.52. The SMILES string of the molecule is C=C.CCc1ccc(OCCNC(=O)OC)c(SN)c1. The molecule has 1 aromatic rings. The van der Waals surface area contributed by atoms with E-state index in [1.54, 1.807) is 0 Å². The Morgan fingerprint density at radius 2 is 2.15 bits per heavy atom. The van der Waals surface area contributed by atoms with Gasteiger partial charge < -0.3 is 14.8 Å². The number of hydrogen-bond donors (Lipinski definition) is 2. The van der Waals surface area contributed by atoms with Gasteiger partial charge in [-0.1, -0.05) is 13.0 Å². The fraction of sp³-hybridized carbons (Fsp3) is 0.357. The second kappa shape index (κ2) is 11.2. The monoisotopic (exact) mass is 298 g/mol. The topological polar surface area (TPSA) is 73.6 Å². The van der Waals surface area contributed by atoms with Gasteiger partial charge in [-0.25, -0.2) is 4.79 Å². The highest BCUT2D eigenvalue weighted by Gasteiger charge is 2.05. The summed E-state index contributed by atoms with van der Waals surface area (Å²) in [6.45, 7) is 8.84. The predicted octanol–water partition coefficient (Wildman–Crippen LogP) is 2.75. The Kier molecular flexibility index (Phi) is 10.3. The third-order valence-electron chi connectivity index (χ3n) is 2.36. The number of aryl methyl sites for hydroxylation is 1. The molecule has 3 N–H and O–H groups in total. The molecule has 0 aliphatic rings. The zero-order valence-electron chi connectivity index (χ0n) is 12.0. The lowest BCUT2D eigenvalue weighted by molar-refractivity contribution is 0.168. The van der Waals surface area contributed by atoms with Crippen LogP contribution in [0, 0.1) is 0 Å². The number of alkyl carbamates (subject to hydrolysis) is 1. The van der Waals surface area contributed by atoms with E-state index < -0.39 is 6.09 Å². The molecule has 20 heavy (non-hydrogen) atoms. The molecule has 5 nitrogen and oxygen atoms in total. The Labute approximate surface area is 124 Å². The van der Waals surface area contributed by atoms with E-state index in [4.69, 9.17) is 9.88 Å². The molecule has 0 atom stereocenters. The number of carbonyl (C=O) groups excluding carboxylic acids is 1. The van der Waals surface area contributed by atoms with Crippen LogP contribution in [-0.4, -0.2) is 26.4 Å². The normalized spacial score (nSPS) is 9.15. The molecule has 0 heterocycles. The fourth-order valence-corrected chi connectivity index (χ4v) is 1.83. The Hall–Kier alpha value is -1.66. The van der Waals surface area contributed by atoms with Crippen LogP contribution in [0.3, 0.4) is 0 Å². The van der Waals surface area contributed by atoms with Gasteiger partial charge in [-0.15, -0.1) is 13.2 Å². The molecule has 6 heteroatoms. The van der Waals surface area contributed by atoms with E-state index in [0.717, 1.165) is 29.0 Å². The van der Waals surface area contributed by atoms with Crippen LogP contribution in [-0.2, 0) is 11.2 Å². The highest BCUT2D eigenvalue weighted by molar-refractivity contribution is 7.97. The summed E-state index contributed by atoms with van der Waals surface area (Å²) in [6.07, 6.45) is 0.492. The summed E-state index contributed by atoms with van der Waals surface area (Å²) in [5, 5.41) is 8.13. The van der Waals surface area contributed by atoms with Crippen LogP contribution < -0.4 is 15.2 Å². The maximum absolute atomic E-state index is 10.8. The summed E-state index contributed by atoms with van der Waals surface area (Å²) in [5.74, 6) is 0.728. The molecular formula is C14H22N2O3S. The highest BCUT2D eigenvalue weighted by atomic mass is 32.2. The molecule has 0 aliphatic heterocycles. The van der Waals surface area contributed by atoms with Crippen molar-refractivity contribution in [2.45, 2.75) is 18.2 Å². The van der Waals surface area contributed by atoms with Gasteiger partial charge in [0.05, 0.1) is 18.6 Å². The van der Waals surface area contributed by atoms with Gasteiger partial charge in [0, 0.05) is 0 Å². The molecule has 0 unspecified atom stereocenters. The number of carbonyl (C=O) groups is 1. The van der Waals surface area contributed by atoms with Gasteiger partial charge in [0.15, 0.2) is 0 Å². The van der Waals surface area contributed by atoms with Crippen LogP contribution in [0.15, 0.2) is 36.3 Å². The molecule has 0 aliphatic carbocycles. The van der Waals surface area contributed by atoms with E-state index in [0.29, 0.717) is 13.2 Å². The molecule has 1 aromatic carbocycles. The van der Waals surface area contributed by atoms with Crippen molar-refractivity contribution in [1.29, 1.82) is 0 Å². The first-order valence-corrected chi connectivity index (χ1v) is 7.03. The summed E-state index contributed by atoms with van der Waals surface area (Å²) in [7, 11) is 1.32. The van der Waals surface area contributed by atoms with E-state index in [2.05, 4.69) is 30.1 Å². The van der Waals surface area contributed by atoms with E-state index in [9.17, 15) is 4.79 Å². The Morgan fingerprint density at radius 1 is 1.45 bits per heavy atom. The fourth-order valence-electron chi connectivity index (χ4n) is 1.37. The van der Waals surface area contributed by atoms with Crippen LogP contribution in [0.25, 0.3) is 0 Å². The number of nitrogens with one attached hydrogen (secondary N) is 1. The molecule has 112 valence electrons. The highest BCUT2D eigenvalue weighted by Crippen LogP contribution is 2.27. The maximum Gasteiger partial charge on any atom is 0.406 e. The second-order valence-corrected chi connectivity index (χ2v) is 4.19. The molecule has 0 radical (unpaired) electrons. The maximum atomic E-state index is 10.8. The lowest BCUT2D eigenvalue weighted by atomic mass is 10.2. The summed E-state index contributed by atoms with van der Waals surface area (Å²) in [4.78, 5) is 11.7. The molecule has 1 rings (SSSR count). The van der Waals surface area contributed by atoms with E-state index in [1.165, 1.54) is 12.7 Å². The summed E-state index contributed by atoms with van der Waals surface area (Å²) < 4.78 is 10.00. The van der Waals surface area contributed by atoms with Gasteiger partial charge >= 0.3 is 6.09 Å². The first kappa shape index (κ1) is 18.3. The smallest absolute Gasteiger partial charge is 0.406 e. The van der Waals surface area contributed by atoms with Crippen LogP contribution in [0.2, 0.25) is 0 Å². The van der Waals surface area contributed by atoms with Crippen molar-refractivity contribution in [3.8, 4) is 5.75 Å². The average molecular weight is 298 g/mol. The summed E-state index contributed by atoms with van der Waals surface area (Å²) in [5.41, 5.74) is 1.21. The van der Waals surface area contributed by atoms with Crippen molar-refractivity contribution in [2.24, 2.45) is 5.14 Å². The standard InChI is InChI=1S/C12H18N2O3S.C2H4/c1-3-9-4-5-10(11(8-9)18-13)17-7-6-14-12(15)16-2;1-2/h4-5,8H,3,6-7,13H2,1-2H3,(H,14,15);1-2H2. The van der Waals surface area contributed by atoms with Crippen molar-refractivity contribution in [3.63, 3.8) is 0 Å². The van der Waals surface area contributed by atoms with Gasteiger partial charge in [-0.2, -0.15) is 0 Å². The minimum atomic E-state index is -0.464. The van der Waals surface area contributed by atoms with E-state index in [-0.39, 0.29) is 0 Å². The van der Waals surface area contributed by atoms with Crippen molar-refractivity contribution < 1.29 is 14.3 Å². The molecule has 0 saturated carbocycles. The van der Waals surface area contributed by atoms with Gasteiger partial charge in [0.1, 0.15) is 12.4 Å². The number of ether oxygens (including phenoxy) is 2. The van der Waals surface area contributed by atoms with Crippen molar-refractivity contribution >= 4 is 18.0 Å². The Balaban J connectivity index is 0.00000172. The minimum absolute atomic E-state index is 0.369. The minimum Gasteiger partial charge on any atom is -0.491 e. The van der Waals surface area contributed by atoms with Gasteiger partial charge in [0.25, 0.3) is 0 Å². The van der Waals surface area contributed by atoms with Crippen LogP contribution in [0.5, 0.6) is 5.75 Å². The van der Waals surface area contributed by atoms with Crippen LogP contribution >= 0.6 is 11.9 Å². The molecule has 0 fully saturated rings. The number of methoxy groups -OCH3 is 1. The predicted molar refractivity (Wildman–Crippen MR) is 83.0 cm³/mol. The Morgan fingerprint density at radius 3 is 2.70 bits per heavy atom. The van der Waals surface area contributed by atoms with Crippen molar-refractivity contribution in [1.82, 2.24) is 5.32 Å². The Bertz CT molecular complexity index is 413. The largest absolute Gasteiger partial charge is 0.491 e. The number of amides is 1. The molecule has 0 spiro atoms. The van der Waals surface area contributed by atoms with Gasteiger partial charge in [0.2, 0.25) is 0 Å². The third kappa shape index (κ3) is 6.49. The lowest BCUT2D eigenvalue weighted by Gasteiger charge is -2.11. The molecular weight excluding hydrogens is 276 g/mol. The first-order valence-electron chi connectivity index (χ1n) is 6.15. The molecule has 0 saturated heterocycles. The van der Waals surface area contributed by atoms with Crippen molar-refractivity contribution in [2.75, 3.05) is 20.3 Å². The molecule has 1 amide bonds. The average Bonchev–Trinajstić information content (AvgIpc) is 2.53. The van der Waals surface area contributed by atoms with Gasteiger partial charge in [-0.3, -0.25) is 5.14 Å². The number of hydrogen-bond acceptors (Lipinski definition) is 5. The third-order valence-corrected chi connectivity index (χ3v) is 2.93. The summed E-state index contributed by atoms with van der Waals surface area (Å²) >= 11 is 1.16. The molecule has 0 bridgehead atoms. The van der Waals surface area contributed by atoms with Crippen molar-refractivity contribution in [3.05, 3.63) is 36.9 Å². The van der Waals surface area contributed by atoms with Gasteiger partial charge in [-0.05, 0) is 36.1 Å². The number of benzene rings is 1.